The van der Waals surface area contributed by atoms with Crippen molar-refractivity contribution in [3.8, 4) is 0 Å². The molecule has 0 aliphatic carbocycles. The summed E-state index contributed by atoms with van der Waals surface area (Å²) in [6.45, 7) is 2.42. The van der Waals surface area contributed by atoms with Crippen molar-refractivity contribution in [3.05, 3.63) is 18.5 Å². The molecule has 116 valence electrons. The lowest BCUT2D eigenvalue weighted by molar-refractivity contribution is -0.139. The zero-order valence-corrected chi connectivity index (χ0v) is 13.2. The van der Waals surface area contributed by atoms with Crippen LogP contribution in [0.5, 0.6) is 0 Å². The average molecular weight is 325 g/mol. The third-order valence-corrected chi connectivity index (χ3v) is 3.38. The summed E-state index contributed by atoms with van der Waals surface area (Å²) in [6.07, 6.45) is 4.80. The van der Waals surface area contributed by atoms with Crippen molar-refractivity contribution in [2.75, 3.05) is 26.8 Å². The molecule has 2 N–H and O–H groups in total. The first kappa shape index (κ1) is 19.2. The molecule has 2 rings (SSSR count). The topological polar surface area (TPSA) is 73.4 Å². The quantitative estimate of drug-likeness (QED) is 0.884. The van der Waals surface area contributed by atoms with Crippen LogP contribution >= 0.6 is 24.8 Å². The highest BCUT2D eigenvalue weighted by Crippen LogP contribution is 2.19. The van der Waals surface area contributed by atoms with Gasteiger partial charge >= 0.3 is 0 Å². The number of carbonyl (C=O) groups is 1. The molecule has 0 bridgehead atoms. The number of rotatable bonds is 4. The minimum atomic E-state index is -0.753. The summed E-state index contributed by atoms with van der Waals surface area (Å²) in [6, 6.07) is 1.87. The standard InChI is InChI=1S/C12H20N4O2.2ClH/c1-15(7-8-16-6-2-5-14-16)11(17)12(13)3-9-18-10-4-12;;/h2,5-6H,3-4,7-10,13H2,1H3;2*1H. The maximum atomic E-state index is 12.3. The van der Waals surface area contributed by atoms with Gasteiger partial charge in [-0.05, 0) is 18.9 Å². The minimum absolute atomic E-state index is 0. The number of carbonyl (C=O) groups excluding carboxylic acids is 1. The smallest absolute Gasteiger partial charge is 0.242 e. The molecule has 1 aliphatic heterocycles. The molecular weight excluding hydrogens is 303 g/mol. The number of likely N-dealkylation sites (N-methyl/N-ethyl adjacent to an activating group) is 1. The summed E-state index contributed by atoms with van der Waals surface area (Å²) in [7, 11) is 1.79. The van der Waals surface area contributed by atoms with E-state index in [9.17, 15) is 4.79 Å². The molecule has 1 saturated heterocycles. The predicted octanol–water partition coefficient (Wildman–Crippen LogP) is 0.693. The summed E-state index contributed by atoms with van der Waals surface area (Å²) in [5.41, 5.74) is 5.41. The van der Waals surface area contributed by atoms with Crippen molar-refractivity contribution in [3.63, 3.8) is 0 Å². The predicted molar refractivity (Wildman–Crippen MR) is 81.3 cm³/mol. The molecule has 2 heterocycles. The molecular formula is C12H22Cl2N4O2. The fraction of sp³-hybridized carbons (Fsp3) is 0.667. The minimum Gasteiger partial charge on any atom is -0.381 e. The van der Waals surface area contributed by atoms with Gasteiger partial charge in [-0.2, -0.15) is 5.10 Å². The van der Waals surface area contributed by atoms with Crippen LogP contribution in [0.25, 0.3) is 0 Å². The summed E-state index contributed by atoms with van der Waals surface area (Å²) in [5.74, 6) is -0.00189. The fourth-order valence-corrected chi connectivity index (χ4v) is 2.12. The van der Waals surface area contributed by atoms with Crippen molar-refractivity contribution in [2.45, 2.75) is 24.9 Å². The summed E-state index contributed by atoms with van der Waals surface area (Å²) < 4.78 is 7.05. The number of nitrogens with two attached hydrogens (primary N) is 1. The van der Waals surface area contributed by atoms with E-state index < -0.39 is 5.54 Å². The average Bonchev–Trinajstić information content (AvgIpc) is 2.89. The summed E-state index contributed by atoms with van der Waals surface area (Å²) >= 11 is 0. The molecule has 6 nitrogen and oxygen atoms in total. The van der Waals surface area contributed by atoms with Crippen LogP contribution in [0.1, 0.15) is 12.8 Å². The van der Waals surface area contributed by atoms with E-state index in [0.29, 0.717) is 39.1 Å². The zero-order valence-electron chi connectivity index (χ0n) is 11.5. The van der Waals surface area contributed by atoms with Gasteiger partial charge < -0.3 is 15.4 Å². The number of halogens is 2. The monoisotopic (exact) mass is 324 g/mol. The normalized spacial score (nSPS) is 16.7. The van der Waals surface area contributed by atoms with Gasteiger partial charge in [0.25, 0.3) is 0 Å². The van der Waals surface area contributed by atoms with Gasteiger partial charge in [0.05, 0.1) is 12.1 Å². The molecule has 0 radical (unpaired) electrons. The second-order valence-electron chi connectivity index (χ2n) is 4.76. The molecule has 8 heteroatoms. The van der Waals surface area contributed by atoms with Crippen molar-refractivity contribution in [1.29, 1.82) is 0 Å². The van der Waals surface area contributed by atoms with Crippen LogP contribution in [0, 0.1) is 0 Å². The number of nitrogens with zero attached hydrogens (tertiary/aromatic N) is 3. The van der Waals surface area contributed by atoms with Gasteiger partial charge in [-0.25, -0.2) is 0 Å². The van der Waals surface area contributed by atoms with Crippen molar-refractivity contribution in [2.24, 2.45) is 5.73 Å². The third-order valence-electron chi connectivity index (χ3n) is 3.38. The van der Waals surface area contributed by atoms with Crippen LogP contribution in [-0.2, 0) is 16.1 Å². The molecule has 1 aliphatic rings. The van der Waals surface area contributed by atoms with Gasteiger partial charge in [-0.3, -0.25) is 9.48 Å². The van der Waals surface area contributed by atoms with E-state index in [1.165, 1.54) is 0 Å². The van der Waals surface area contributed by atoms with Crippen LogP contribution in [0.15, 0.2) is 18.5 Å². The van der Waals surface area contributed by atoms with E-state index in [1.54, 1.807) is 22.8 Å². The van der Waals surface area contributed by atoms with Crippen LogP contribution < -0.4 is 5.73 Å². The Labute approximate surface area is 131 Å². The van der Waals surface area contributed by atoms with E-state index >= 15 is 0 Å². The Bertz CT molecular complexity index is 394. The Morgan fingerprint density at radius 1 is 1.45 bits per heavy atom. The number of ether oxygens (including phenoxy) is 1. The molecule has 0 spiro atoms. The number of hydrogen-bond acceptors (Lipinski definition) is 4. The summed E-state index contributed by atoms with van der Waals surface area (Å²) in [5, 5.41) is 4.10. The van der Waals surface area contributed by atoms with Crippen LogP contribution in [-0.4, -0.2) is 52.9 Å². The zero-order chi connectivity index (χ0) is 13.0. The first-order valence-corrected chi connectivity index (χ1v) is 6.21. The molecule has 1 amide bonds. The Hall–Kier alpha value is -0.820. The van der Waals surface area contributed by atoms with E-state index in [4.69, 9.17) is 10.5 Å². The fourth-order valence-electron chi connectivity index (χ4n) is 2.12. The highest BCUT2D eigenvalue weighted by molar-refractivity contribution is 5.86. The van der Waals surface area contributed by atoms with Gasteiger partial charge in [0.1, 0.15) is 0 Å². The van der Waals surface area contributed by atoms with Gasteiger partial charge in [0.15, 0.2) is 0 Å². The Balaban J connectivity index is 0.00000180. The number of amides is 1. The Morgan fingerprint density at radius 2 is 2.10 bits per heavy atom. The Morgan fingerprint density at radius 3 is 2.65 bits per heavy atom. The third kappa shape index (κ3) is 4.63. The van der Waals surface area contributed by atoms with Gasteiger partial charge in [-0.15, -0.1) is 24.8 Å². The molecule has 1 fully saturated rings. The maximum Gasteiger partial charge on any atom is 0.242 e. The largest absolute Gasteiger partial charge is 0.381 e. The molecule has 1 aromatic heterocycles. The van der Waals surface area contributed by atoms with Crippen molar-refractivity contribution >= 4 is 30.7 Å². The molecule has 0 aromatic carbocycles. The highest BCUT2D eigenvalue weighted by Gasteiger charge is 2.37. The van der Waals surface area contributed by atoms with Crippen LogP contribution in [0.4, 0.5) is 0 Å². The first-order valence-electron chi connectivity index (χ1n) is 6.21. The van der Waals surface area contributed by atoms with Crippen LogP contribution in [0.2, 0.25) is 0 Å². The lowest BCUT2D eigenvalue weighted by atomic mass is 9.90. The summed E-state index contributed by atoms with van der Waals surface area (Å²) in [4.78, 5) is 14.0. The molecule has 0 atom stereocenters. The van der Waals surface area contributed by atoms with E-state index in [1.807, 2.05) is 12.3 Å². The van der Waals surface area contributed by atoms with E-state index in [2.05, 4.69) is 5.10 Å². The SMILES string of the molecule is CN(CCn1cccn1)C(=O)C1(N)CCOCC1.Cl.Cl. The van der Waals surface area contributed by atoms with Gasteiger partial charge in [0.2, 0.25) is 5.91 Å². The first-order chi connectivity index (χ1) is 8.62. The molecule has 20 heavy (non-hydrogen) atoms. The highest BCUT2D eigenvalue weighted by atomic mass is 35.5. The molecule has 0 saturated carbocycles. The maximum absolute atomic E-state index is 12.3. The van der Waals surface area contributed by atoms with E-state index in [0.717, 1.165) is 0 Å². The molecule has 1 aromatic rings. The number of aromatic nitrogens is 2. The van der Waals surface area contributed by atoms with Gasteiger partial charge in [-0.1, -0.05) is 0 Å². The Kier molecular flexibility index (Phi) is 8.12. The number of hydrogen-bond donors (Lipinski definition) is 1. The van der Waals surface area contributed by atoms with Crippen molar-refractivity contribution < 1.29 is 9.53 Å². The van der Waals surface area contributed by atoms with Crippen molar-refractivity contribution in [1.82, 2.24) is 14.7 Å². The van der Waals surface area contributed by atoms with Gasteiger partial charge in [0, 0.05) is 39.2 Å². The lowest BCUT2D eigenvalue weighted by Crippen LogP contribution is -2.57. The second kappa shape index (κ2) is 8.46. The lowest BCUT2D eigenvalue weighted by Gasteiger charge is -2.35. The van der Waals surface area contributed by atoms with E-state index in [-0.39, 0.29) is 30.7 Å². The molecule has 0 unspecified atom stereocenters. The van der Waals surface area contributed by atoms with Crippen LogP contribution in [0.3, 0.4) is 0 Å². The second-order valence-corrected chi connectivity index (χ2v) is 4.76.